The van der Waals surface area contributed by atoms with Crippen molar-refractivity contribution < 1.29 is 9.53 Å². The molecule has 0 saturated heterocycles. The summed E-state index contributed by atoms with van der Waals surface area (Å²) >= 11 is 0. The van der Waals surface area contributed by atoms with Crippen molar-refractivity contribution >= 4 is 11.6 Å². The molecule has 0 fully saturated rings. The number of nitrogens with zero attached hydrogens (tertiary/aromatic N) is 1. The molecule has 1 heterocycles. The molecule has 0 aliphatic carbocycles. The third-order valence-electron chi connectivity index (χ3n) is 4.04. The Labute approximate surface area is 147 Å². The van der Waals surface area contributed by atoms with Crippen LogP contribution >= 0.6 is 0 Å². The van der Waals surface area contributed by atoms with Crippen molar-refractivity contribution in [2.24, 2.45) is 0 Å². The average molecular weight is 332 g/mol. The molecule has 4 nitrogen and oxygen atoms in total. The van der Waals surface area contributed by atoms with Gasteiger partial charge in [-0.25, -0.2) is 0 Å². The first kappa shape index (κ1) is 16.7. The summed E-state index contributed by atoms with van der Waals surface area (Å²) in [5.41, 5.74) is 2.78. The number of rotatable bonds is 6. The Morgan fingerprint density at radius 2 is 1.80 bits per heavy atom. The normalized spacial score (nSPS) is 11.6. The van der Waals surface area contributed by atoms with Crippen molar-refractivity contribution in [1.82, 2.24) is 4.98 Å². The maximum atomic E-state index is 12.9. The minimum atomic E-state index is -0.283. The van der Waals surface area contributed by atoms with Crippen LogP contribution in [0.25, 0.3) is 0 Å². The van der Waals surface area contributed by atoms with Crippen molar-refractivity contribution in [2.75, 3.05) is 12.4 Å². The molecule has 126 valence electrons. The molecule has 3 aromatic rings. The molecule has 0 aliphatic heterocycles. The van der Waals surface area contributed by atoms with Gasteiger partial charge in [-0.3, -0.25) is 9.78 Å². The van der Waals surface area contributed by atoms with Gasteiger partial charge in [0.05, 0.1) is 13.0 Å². The Balaban J connectivity index is 1.84. The Kier molecular flexibility index (Phi) is 5.42. The van der Waals surface area contributed by atoms with Crippen molar-refractivity contribution in [3.8, 4) is 5.75 Å². The van der Waals surface area contributed by atoms with Crippen LogP contribution in [-0.2, 0) is 11.2 Å². The Morgan fingerprint density at radius 1 is 1.04 bits per heavy atom. The van der Waals surface area contributed by atoms with E-state index in [-0.39, 0.29) is 11.8 Å². The SMILES string of the molecule is COc1cccc(NC(=O)C(Cc2ccncc2)c2ccccc2)c1. The number of carbonyl (C=O) groups is 1. The van der Waals surface area contributed by atoms with Crippen LogP contribution in [0.5, 0.6) is 5.75 Å². The van der Waals surface area contributed by atoms with Crippen LogP contribution in [0.4, 0.5) is 5.69 Å². The second-order valence-corrected chi connectivity index (χ2v) is 5.74. The molecule has 1 amide bonds. The van der Waals surface area contributed by atoms with Crippen LogP contribution in [0.15, 0.2) is 79.1 Å². The first-order valence-corrected chi connectivity index (χ1v) is 8.15. The van der Waals surface area contributed by atoms with Gasteiger partial charge in [0, 0.05) is 24.1 Å². The highest BCUT2D eigenvalue weighted by Gasteiger charge is 2.21. The number of nitrogens with one attached hydrogen (secondary N) is 1. The summed E-state index contributed by atoms with van der Waals surface area (Å²) in [6.45, 7) is 0. The van der Waals surface area contributed by atoms with Gasteiger partial charge in [-0.2, -0.15) is 0 Å². The third kappa shape index (κ3) is 4.44. The highest BCUT2D eigenvalue weighted by molar-refractivity contribution is 5.96. The standard InChI is InChI=1S/C21H20N2O2/c1-25-19-9-5-8-18(15-19)23-21(24)20(17-6-3-2-4-7-17)14-16-10-12-22-13-11-16/h2-13,15,20H,14H2,1H3,(H,23,24). The lowest BCUT2D eigenvalue weighted by Crippen LogP contribution is -2.23. The number of amides is 1. The van der Waals surface area contributed by atoms with E-state index in [1.54, 1.807) is 19.5 Å². The van der Waals surface area contributed by atoms with E-state index in [0.29, 0.717) is 12.2 Å². The molecule has 1 N–H and O–H groups in total. The van der Waals surface area contributed by atoms with E-state index in [9.17, 15) is 4.79 Å². The fraction of sp³-hybridized carbons (Fsp3) is 0.143. The van der Waals surface area contributed by atoms with Gasteiger partial charge in [0.1, 0.15) is 5.75 Å². The van der Waals surface area contributed by atoms with Crippen molar-refractivity contribution in [1.29, 1.82) is 0 Å². The fourth-order valence-electron chi connectivity index (χ4n) is 2.73. The number of benzene rings is 2. The lowest BCUT2D eigenvalue weighted by atomic mass is 9.91. The molecular weight excluding hydrogens is 312 g/mol. The first-order valence-electron chi connectivity index (χ1n) is 8.15. The number of pyridine rings is 1. The molecule has 0 spiro atoms. The highest BCUT2D eigenvalue weighted by Crippen LogP contribution is 2.24. The van der Waals surface area contributed by atoms with E-state index >= 15 is 0 Å². The van der Waals surface area contributed by atoms with Gasteiger partial charge in [-0.1, -0.05) is 36.4 Å². The number of anilines is 1. The molecule has 0 radical (unpaired) electrons. The molecule has 2 aromatic carbocycles. The highest BCUT2D eigenvalue weighted by atomic mass is 16.5. The Bertz CT molecular complexity index is 820. The Morgan fingerprint density at radius 3 is 2.52 bits per heavy atom. The van der Waals surface area contributed by atoms with Gasteiger partial charge in [-0.15, -0.1) is 0 Å². The maximum Gasteiger partial charge on any atom is 0.232 e. The van der Waals surface area contributed by atoms with E-state index in [0.717, 1.165) is 16.8 Å². The first-order chi connectivity index (χ1) is 12.3. The van der Waals surface area contributed by atoms with Gasteiger partial charge >= 0.3 is 0 Å². The lowest BCUT2D eigenvalue weighted by Gasteiger charge is -2.18. The van der Waals surface area contributed by atoms with Gasteiger partial charge in [0.15, 0.2) is 0 Å². The molecule has 1 aromatic heterocycles. The Hall–Kier alpha value is -3.14. The summed E-state index contributed by atoms with van der Waals surface area (Å²) in [5, 5.41) is 3.00. The topological polar surface area (TPSA) is 51.2 Å². The number of aromatic nitrogens is 1. The zero-order valence-corrected chi connectivity index (χ0v) is 14.1. The zero-order chi connectivity index (χ0) is 17.5. The van der Waals surface area contributed by atoms with Gasteiger partial charge < -0.3 is 10.1 Å². The number of methoxy groups -OCH3 is 1. The van der Waals surface area contributed by atoms with E-state index in [2.05, 4.69) is 10.3 Å². The lowest BCUT2D eigenvalue weighted by molar-refractivity contribution is -0.117. The van der Waals surface area contributed by atoms with E-state index in [4.69, 9.17) is 4.74 Å². The molecule has 1 unspecified atom stereocenters. The number of hydrogen-bond donors (Lipinski definition) is 1. The van der Waals surface area contributed by atoms with Gasteiger partial charge in [-0.05, 0) is 41.8 Å². The van der Waals surface area contributed by atoms with Crippen LogP contribution in [0.2, 0.25) is 0 Å². The number of hydrogen-bond acceptors (Lipinski definition) is 3. The smallest absolute Gasteiger partial charge is 0.232 e. The predicted molar refractivity (Wildman–Crippen MR) is 98.7 cm³/mol. The van der Waals surface area contributed by atoms with Gasteiger partial charge in [0.2, 0.25) is 5.91 Å². The number of ether oxygens (including phenoxy) is 1. The van der Waals surface area contributed by atoms with Crippen LogP contribution in [0.1, 0.15) is 17.0 Å². The largest absolute Gasteiger partial charge is 0.497 e. The summed E-state index contributed by atoms with van der Waals surface area (Å²) in [4.78, 5) is 17.0. The second-order valence-electron chi connectivity index (χ2n) is 5.74. The zero-order valence-electron chi connectivity index (χ0n) is 14.1. The van der Waals surface area contributed by atoms with Gasteiger partial charge in [0.25, 0.3) is 0 Å². The van der Waals surface area contributed by atoms with Crippen molar-refractivity contribution in [3.63, 3.8) is 0 Å². The number of carbonyl (C=O) groups excluding carboxylic acids is 1. The monoisotopic (exact) mass is 332 g/mol. The minimum absolute atomic E-state index is 0.0451. The summed E-state index contributed by atoms with van der Waals surface area (Å²) in [7, 11) is 1.61. The summed E-state index contributed by atoms with van der Waals surface area (Å²) in [5.74, 6) is 0.384. The summed E-state index contributed by atoms with van der Waals surface area (Å²) < 4.78 is 5.22. The summed E-state index contributed by atoms with van der Waals surface area (Å²) in [6.07, 6.45) is 4.11. The van der Waals surface area contributed by atoms with Crippen LogP contribution in [0, 0.1) is 0 Å². The summed E-state index contributed by atoms with van der Waals surface area (Å²) in [6, 6.07) is 21.1. The quantitative estimate of drug-likeness (QED) is 0.741. The van der Waals surface area contributed by atoms with E-state index in [1.165, 1.54) is 0 Å². The minimum Gasteiger partial charge on any atom is -0.497 e. The van der Waals surface area contributed by atoms with Crippen molar-refractivity contribution in [2.45, 2.75) is 12.3 Å². The van der Waals surface area contributed by atoms with E-state index < -0.39 is 0 Å². The average Bonchev–Trinajstić information content (AvgIpc) is 2.67. The molecule has 4 heteroatoms. The van der Waals surface area contributed by atoms with E-state index in [1.807, 2.05) is 66.7 Å². The molecule has 0 bridgehead atoms. The fourth-order valence-corrected chi connectivity index (χ4v) is 2.73. The maximum absolute atomic E-state index is 12.9. The predicted octanol–water partition coefficient (Wildman–Crippen LogP) is 4.06. The molecule has 0 aliphatic rings. The molecule has 0 saturated carbocycles. The van der Waals surface area contributed by atoms with Crippen molar-refractivity contribution in [3.05, 3.63) is 90.3 Å². The molecule has 3 rings (SSSR count). The third-order valence-corrected chi connectivity index (χ3v) is 4.04. The second kappa shape index (κ2) is 8.11. The molecular formula is C21H20N2O2. The van der Waals surface area contributed by atoms with Crippen LogP contribution in [-0.4, -0.2) is 18.0 Å². The van der Waals surface area contributed by atoms with Crippen LogP contribution in [0.3, 0.4) is 0 Å². The molecule has 1 atom stereocenters. The van der Waals surface area contributed by atoms with Crippen LogP contribution < -0.4 is 10.1 Å². The molecule has 25 heavy (non-hydrogen) atoms.